The van der Waals surface area contributed by atoms with Gasteiger partial charge in [-0.05, 0) is 21.6 Å². The predicted molar refractivity (Wildman–Crippen MR) is 122 cm³/mol. The summed E-state index contributed by atoms with van der Waals surface area (Å²) in [4.78, 5) is 16.7. The second-order valence-electron chi connectivity index (χ2n) is 7.73. The lowest BCUT2D eigenvalue weighted by Crippen LogP contribution is -2.48. The Morgan fingerprint density at radius 3 is 2.41 bits per heavy atom. The van der Waals surface area contributed by atoms with Crippen LogP contribution in [-0.4, -0.2) is 75.8 Å². The highest BCUT2D eigenvalue weighted by molar-refractivity contribution is 5.68. The smallest absolute Gasteiger partial charge is 0.327 e. The van der Waals surface area contributed by atoms with Crippen molar-refractivity contribution in [3.05, 3.63) is 83.7 Å². The van der Waals surface area contributed by atoms with E-state index in [1.54, 1.807) is 4.68 Å². The zero-order valence-corrected chi connectivity index (χ0v) is 18.2. The quantitative estimate of drug-likeness (QED) is 0.506. The van der Waals surface area contributed by atoms with E-state index >= 15 is 0 Å². The van der Waals surface area contributed by atoms with E-state index in [1.165, 1.54) is 12.7 Å². The first-order chi connectivity index (χ1) is 15.7. The standard InChI is InChI=1S/C24H28N6O2/c1-32-22(31)19-30-24(25-26-27-30)23(21-12-6-3-7-13-21)29-17-15-28(16-18-29)14-8-11-20-9-4-2-5-10-20/h2-13,23H,14-19H2,1H3. The average Bonchev–Trinajstić information content (AvgIpc) is 3.29. The highest BCUT2D eigenvalue weighted by Crippen LogP contribution is 2.28. The molecule has 4 rings (SSSR count). The van der Waals surface area contributed by atoms with Gasteiger partial charge in [0.15, 0.2) is 5.82 Å². The number of hydrogen-bond donors (Lipinski definition) is 0. The van der Waals surface area contributed by atoms with Crippen LogP contribution in [0.5, 0.6) is 0 Å². The predicted octanol–water partition coefficient (Wildman–Crippen LogP) is 2.27. The number of hydrogen-bond acceptors (Lipinski definition) is 7. The van der Waals surface area contributed by atoms with Gasteiger partial charge in [-0.1, -0.05) is 72.8 Å². The number of benzene rings is 2. The van der Waals surface area contributed by atoms with Crippen LogP contribution in [0, 0.1) is 0 Å². The van der Waals surface area contributed by atoms with Crippen molar-refractivity contribution in [2.45, 2.75) is 12.6 Å². The van der Waals surface area contributed by atoms with Crippen molar-refractivity contribution in [1.82, 2.24) is 30.0 Å². The van der Waals surface area contributed by atoms with E-state index in [2.05, 4.69) is 73.9 Å². The Hall–Kier alpha value is -3.36. The first-order valence-corrected chi connectivity index (χ1v) is 10.8. The molecular formula is C24H28N6O2. The molecule has 0 radical (unpaired) electrons. The van der Waals surface area contributed by atoms with Crippen molar-refractivity contribution in [3.63, 3.8) is 0 Å². The third-order valence-electron chi connectivity index (χ3n) is 5.67. The summed E-state index contributed by atoms with van der Waals surface area (Å²) in [5.41, 5.74) is 2.32. The van der Waals surface area contributed by atoms with E-state index < -0.39 is 0 Å². The molecule has 0 amide bonds. The molecule has 8 nitrogen and oxygen atoms in total. The number of carbonyl (C=O) groups is 1. The molecule has 0 bridgehead atoms. The third-order valence-corrected chi connectivity index (χ3v) is 5.67. The number of esters is 1. The molecule has 0 saturated carbocycles. The molecule has 0 aliphatic carbocycles. The maximum atomic E-state index is 11.8. The van der Waals surface area contributed by atoms with Crippen LogP contribution in [0.25, 0.3) is 6.08 Å². The Morgan fingerprint density at radius 1 is 1.03 bits per heavy atom. The molecule has 2 aromatic carbocycles. The van der Waals surface area contributed by atoms with Crippen LogP contribution in [0.1, 0.15) is 23.0 Å². The summed E-state index contributed by atoms with van der Waals surface area (Å²) in [6.07, 6.45) is 4.39. The third kappa shape index (κ3) is 5.46. The highest BCUT2D eigenvalue weighted by atomic mass is 16.5. The topological polar surface area (TPSA) is 76.4 Å². The van der Waals surface area contributed by atoms with Crippen molar-refractivity contribution in [3.8, 4) is 0 Å². The van der Waals surface area contributed by atoms with E-state index in [9.17, 15) is 4.79 Å². The molecule has 8 heteroatoms. The second-order valence-corrected chi connectivity index (χ2v) is 7.73. The molecular weight excluding hydrogens is 404 g/mol. The molecule has 3 aromatic rings. The molecule has 1 saturated heterocycles. The lowest BCUT2D eigenvalue weighted by molar-refractivity contribution is -0.141. The van der Waals surface area contributed by atoms with E-state index in [0.29, 0.717) is 5.82 Å². The molecule has 166 valence electrons. The zero-order valence-electron chi connectivity index (χ0n) is 18.2. The molecule has 0 spiro atoms. The van der Waals surface area contributed by atoms with Crippen molar-refractivity contribution < 1.29 is 9.53 Å². The number of aromatic nitrogens is 4. The normalized spacial score (nSPS) is 16.3. The Balaban J connectivity index is 1.45. The summed E-state index contributed by atoms with van der Waals surface area (Å²) in [6.45, 7) is 4.56. The van der Waals surface area contributed by atoms with Gasteiger partial charge in [0, 0.05) is 32.7 Å². The van der Waals surface area contributed by atoms with Gasteiger partial charge in [-0.3, -0.25) is 14.6 Å². The van der Waals surface area contributed by atoms with Crippen LogP contribution in [0.4, 0.5) is 0 Å². The molecule has 1 atom stereocenters. The molecule has 1 aromatic heterocycles. The molecule has 1 fully saturated rings. The molecule has 0 N–H and O–H groups in total. The fraction of sp³-hybridized carbons (Fsp3) is 0.333. The molecule has 32 heavy (non-hydrogen) atoms. The number of piperazine rings is 1. The van der Waals surface area contributed by atoms with E-state index in [-0.39, 0.29) is 18.6 Å². The number of ether oxygens (including phenoxy) is 1. The number of rotatable bonds is 8. The van der Waals surface area contributed by atoms with Crippen molar-refractivity contribution in [2.24, 2.45) is 0 Å². The van der Waals surface area contributed by atoms with Gasteiger partial charge in [-0.2, -0.15) is 0 Å². The summed E-state index contributed by atoms with van der Waals surface area (Å²) in [6, 6.07) is 20.4. The highest BCUT2D eigenvalue weighted by Gasteiger charge is 2.30. The molecule has 1 unspecified atom stereocenters. The summed E-state index contributed by atoms with van der Waals surface area (Å²) < 4.78 is 6.35. The van der Waals surface area contributed by atoms with Crippen LogP contribution in [0.2, 0.25) is 0 Å². The summed E-state index contributed by atoms with van der Waals surface area (Å²) in [5.74, 6) is 0.277. The lowest BCUT2D eigenvalue weighted by Gasteiger charge is -2.38. The Kier molecular flexibility index (Phi) is 7.37. The summed E-state index contributed by atoms with van der Waals surface area (Å²) in [7, 11) is 1.37. The largest absolute Gasteiger partial charge is 0.468 e. The number of tetrazole rings is 1. The fourth-order valence-electron chi connectivity index (χ4n) is 3.97. The van der Waals surface area contributed by atoms with Crippen molar-refractivity contribution >= 4 is 12.0 Å². The Morgan fingerprint density at radius 2 is 1.72 bits per heavy atom. The number of nitrogens with zero attached hydrogens (tertiary/aromatic N) is 6. The zero-order chi connectivity index (χ0) is 22.2. The minimum atomic E-state index is -0.375. The van der Waals surface area contributed by atoms with Gasteiger partial charge in [-0.25, -0.2) is 4.68 Å². The maximum absolute atomic E-state index is 11.8. The minimum absolute atomic E-state index is 0.00753. The van der Waals surface area contributed by atoms with Gasteiger partial charge in [0.1, 0.15) is 6.54 Å². The van der Waals surface area contributed by atoms with Crippen LogP contribution < -0.4 is 0 Å². The van der Waals surface area contributed by atoms with Crippen LogP contribution in [0.15, 0.2) is 66.7 Å². The molecule has 1 aliphatic rings. The van der Waals surface area contributed by atoms with Gasteiger partial charge < -0.3 is 4.74 Å². The summed E-state index contributed by atoms with van der Waals surface area (Å²) >= 11 is 0. The minimum Gasteiger partial charge on any atom is -0.468 e. The van der Waals surface area contributed by atoms with E-state index in [4.69, 9.17) is 4.74 Å². The van der Waals surface area contributed by atoms with Crippen LogP contribution in [0.3, 0.4) is 0 Å². The van der Waals surface area contributed by atoms with Crippen LogP contribution >= 0.6 is 0 Å². The van der Waals surface area contributed by atoms with Crippen LogP contribution in [-0.2, 0) is 16.1 Å². The van der Waals surface area contributed by atoms with Gasteiger partial charge in [-0.15, -0.1) is 5.10 Å². The Labute approximate surface area is 188 Å². The van der Waals surface area contributed by atoms with Crippen molar-refractivity contribution in [2.75, 3.05) is 39.8 Å². The van der Waals surface area contributed by atoms with E-state index in [1.807, 2.05) is 24.3 Å². The SMILES string of the molecule is COC(=O)Cn1nnnc1C(c1ccccc1)N1CCN(CC=Cc2ccccc2)CC1. The summed E-state index contributed by atoms with van der Waals surface area (Å²) in [5, 5.41) is 12.2. The Bertz CT molecular complexity index is 1010. The average molecular weight is 433 g/mol. The van der Waals surface area contributed by atoms with Gasteiger partial charge in [0.25, 0.3) is 0 Å². The fourth-order valence-corrected chi connectivity index (χ4v) is 3.97. The van der Waals surface area contributed by atoms with Gasteiger partial charge in [0.05, 0.1) is 13.2 Å². The van der Waals surface area contributed by atoms with Gasteiger partial charge >= 0.3 is 5.97 Å². The maximum Gasteiger partial charge on any atom is 0.327 e. The van der Waals surface area contributed by atoms with Gasteiger partial charge in [0.2, 0.25) is 0 Å². The van der Waals surface area contributed by atoms with Crippen molar-refractivity contribution in [1.29, 1.82) is 0 Å². The number of methoxy groups -OCH3 is 1. The monoisotopic (exact) mass is 432 g/mol. The number of carbonyl (C=O) groups excluding carboxylic acids is 1. The lowest BCUT2D eigenvalue weighted by atomic mass is 10.0. The second kappa shape index (κ2) is 10.8. The first-order valence-electron chi connectivity index (χ1n) is 10.8. The van der Waals surface area contributed by atoms with E-state index in [0.717, 1.165) is 38.3 Å². The molecule has 1 aliphatic heterocycles. The first kappa shape index (κ1) is 21.9. The molecule has 2 heterocycles.